The van der Waals surface area contributed by atoms with Gasteiger partial charge in [-0.1, -0.05) is 24.3 Å². The molecule has 0 amide bonds. The third-order valence-corrected chi connectivity index (χ3v) is 2.76. The Balaban J connectivity index is -0.000000640. The molecule has 1 aromatic carbocycles. The van der Waals surface area contributed by atoms with E-state index in [9.17, 15) is 4.57 Å². The first kappa shape index (κ1) is 17.8. The minimum absolute atomic E-state index is 0. The average molecular weight is 271 g/mol. The fourth-order valence-corrected chi connectivity index (χ4v) is 2.01. The van der Waals surface area contributed by atoms with E-state index in [1.54, 1.807) is 6.07 Å². The van der Waals surface area contributed by atoms with Crippen LogP contribution >= 0.6 is 7.60 Å². The third-order valence-electron chi connectivity index (χ3n) is 2.02. The summed E-state index contributed by atoms with van der Waals surface area (Å²) in [5.41, 5.74) is 1.17. The van der Waals surface area contributed by atoms with Crippen LogP contribution in [0, 0.1) is 0 Å². The molecule has 0 aliphatic carbocycles. The molecule has 0 spiro atoms. The zero-order chi connectivity index (χ0) is 10.9. The topological polar surface area (TPSA) is 70.4 Å². The summed E-state index contributed by atoms with van der Waals surface area (Å²) in [5.74, 6) is 0. The van der Waals surface area contributed by atoms with Crippen molar-refractivity contribution in [2.75, 3.05) is 0 Å². The van der Waals surface area contributed by atoms with E-state index in [0.717, 1.165) is 10.9 Å². The van der Waals surface area contributed by atoms with Crippen LogP contribution in [-0.4, -0.2) is 14.8 Å². The van der Waals surface area contributed by atoms with Gasteiger partial charge in [-0.2, -0.15) is 0 Å². The Morgan fingerprint density at radius 3 is 2.41 bits per heavy atom. The first-order valence-electron chi connectivity index (χ1n) is 4.44. The van der Waals surface area contributed by atoms with Crippen molar-refractivity contribution in [1.82, 2.24) is 4.98 Å². The minimum Gasteiger partial charge on any atom is -1.00 e. The number of hydrogen-bond donors (Lipinski definition) is 2. The molecule has 1 heterocycles. The molecule has 0 aliphatic rings. The maximum absolute atomic E-state index is 10.8. The Bertz CT molecular complexity index is 553. The molecule has 2 N–H and O–H groups in total. The predicted molar refractivity (Wildman–Crippen MR) is 59.7 cm³/mol. The SMILES string of the molecule is O=P(O)(O)Cc1ccc2ccccc2n1.[H-].[H-].[Na+].[Na+]. The molecular formula is C10H12NNa2O3P. The maximum atomic E-state index is 10.8. The van der Waals surface area contributed by atoms with Crippen molar-refractivity contribution in [2.45, 2.75) is 6.16 Å². The monoisotopic (exact) mass is 271 g/mol. The smallest absolute Gasteiger partial charge is 1.00 e. The Morgan fingerprint density at radius 2 is 1.76 bits per heavy atom. The average Bonchev–Trinajstić information content (AvgIpc) is 2.15. The number of nitrogens with zero attached hydrogens (tertiary/aromatic N) is 1. The van der Waals surface area contributed by atoms with Crippen LogP contribution in [0.15, 0.2) is 36.4 Å². The summed E-state index contributed by atoms with van der Waals surface area (Å²) in [4.78, 5) is 21.8. The molecule has 0 saturated heterocycles. The molecule has 0 atom stereocenters. The van der Waals surface area contributed by atoms with Gasteiger partial charge in [0.1, 0.15) is 0 Å². The minimum atomic E-state index is -4.03. The summed E-state index contributed by atoms with van der Waals surface area (Å²) in [6.45, 7) is 0. The fourth-order valence-electron chi connectivity index (χ4n) is 1.41. The first-order chi connectivity index (χ1) is 7.04. The quantitative estimate of drug-likeness (QED) is 0.433. The first-order valence-corrected chi connectivity index (χ1v) is 6.24. The van der Waals surface area contributed by atoms with Crippen molar-refractivity contribution in [2.24, 2.45) is 0 Å². The van der Waals surface area contributed by atoms with Gasteiger partial charge in [0.15, 0.2) is 0 Å². The summed E-state index contributed by atoms with van der Waals surface area (Å²) in [6.07, 6.45) is -0.308. The van der Waals surface area contributed by atoms with Gasteiger partial charge in [-0.15, -0.1) is 0 Å². The molecule has 0 unspecified atom stereocenters. The Hall–Kier alpha value is 0.780. The van der Waals surface area contributed by atoms with E-state index in [1.807, 2.05) is 30.3 Å². The van der Waals surface area contributed by atoms with E-state index in [1.165, 1.54) is 0 Å². The van der Waals surface area contributed by atoms with Crippen LogP contribution in [0.25, 0.3) is 10.9 Å². The molecule has 0 radical (unpaired) electrons. The van der Waals surface area contributed by atoms with E-state index in [4.69, 9.17) is 9.79 Å². The van der Waals surface area contributed by atoms with Gasteiger partial charge >= 0.3 is 66.7 Å². The molecule has 17 heavy (non-hydrogen) atoms. The van der Waals surface area contributed by atoms with Crippen molar-refractivity contribution < 1.29 is 76.3 Å². The second-order valence-corrected chi connectivity index (χ2v) is 4.96. The molecular weight excluding hydrogens is 259 g/mol. The van der Waals surface area contributed by atoms with E-state index in [-0.39, 0.29) is 68.1 Å². The van der Waals surface area contributed by atoms with Gasteiger partial charge in [0, 0.05) is 5.39 Å². The Kier molecular flexibility index (Phi) is 7.73. The van der Waals surface area contributed by atoms with Crippen LogP contribution in [-0.2, 0) is 10.7 Å². The molecule has 0 bridgehead atoms. The molecule has 2 aromatic rings. The van der Waals surface area contributed by atoms with Crippen LogP contribution in [0.4, 0.5) is 0 Å². The zero-order valence-electron chi connectivity index (χ0n) is 11.9. The Morgan fingerprint density at radius 1 is 1.12 bits per heavy atom. The van der Waals surface area contributed by atoms with Crippen molar-refractivity contribution in [1.29, 1.82) is 0 Å². The molecule has 1 aromatic heterocycles. The Labute approximate surface area is 147 Å². The van der Waals surface area contributed by atoms with Crippen LogP contribution in [0.3, 0.4) is 0 Å². The van der Waals surface area contributed by atoms with Crippen LogP contribution < -0.4 is 59.1 Å². The van der Waals surface area contributed by atoms with Crippen molar-refractivity contribution in [3.8, 4) is 0 Å². The van der Waals surface area contributed by atoms with Crippen LogP contribution in [0.2, 0.25) is 0 Å². The van der Waals surface area contributed by atoms with E-state index in [2.05, 4.69) is 4.98 Å². The number of fused-ring (bicyclic) bond motifs is 1. The summed E-state index contributed by atoms with van der Waals surface area (Å²) in [7, 11) is -4.03. The summed E-state index contributed by atoms with van der Waals surface area (Å²) >= 11 is 0. The molecule has 0 fully saturated rings. The van der Waals surface area contributed by atoms with Gasteiger partial charge in [-0.3, -0.25) is 9.55 Å². The van der Waals surface area contributed by atoms with Gasteiger partial charge in [0.2, 0.25) is 0 Å². The molecule has 2 rings (SSSR count). The summed E-state index contributed by atoms with van der Waals surface area (Å²) < 4.78 is 10.8. The molecule has 7 heteroatoms. The second-order valence-electron chi connectivity index (χ2n) is 3.32. The maximum Gasteiger partial charge on any atom is 1.00 e. The number of rotatable bonds is 2. The zero-order valence-corrected chi connectivity index (χ0v) is 14.8. The van der Waals surface area contributed by atoms with Crippen molar-refractivity contribution >= 4 is 18.5 Å². The summed E-state index contributed by atoms with van der Waals surface area (Å²) in [6, 6.07) is 10.9. The second kappa shape index (κ2) is 7.39. The summed E-state index contributed by atoms with van der Waals surface area (Å²) in [5, 5.41) is 0.965. The van der Waals surface area contributed by atoms with Gasteiger partial charge in [-0.05, 0) is 12.1 Å². The number of benzene rings is 1. The molecule has 0 aliphatic heterocycles. The van der Waals surface area contributed by atoms with E-state index in [0.29, 0.717) is 5.69 Å². The molecule has 0 saturated carbocycles. The number of aromatic nitrogens is 1. The van der Waals surface area contributed by atoms with Gasteiger partial charge < -0.3 is 12.6 Å². The number of pyridine rings is 1. The van der Waals surface area contributed by atoms with Gasteiger partial charge in [0.05, 0.1) is 17.4 Å². The molecule has 82 valence electrons. The van der Waals surface area contributed by atoms with Gasteiger partial charge in [0.25, 0.3) is 0 Å². The largest absolute Gasteiger partial charge is 1.00 e. The van der Waals surface area contributed by atoms with E-state index < -0.39 is 7.60 Å². The van der Waals surface area contributed by atoms with Crippen LogP contribution in [0.5, 0.6) is 0 Å². The normalized spacial score (nSPS) is 10.5. The predicted octanol–water partition coefficient (Wildman–Crippen LogP) is -3.85. The fraction of sp³-hybridized carbons (Fsp3) is 0.100. The molecule has 4 nitrogen and oxygen atoms in total. The van der Waals surface area contributed by atoms with Crippen molar-refractivity contribution in [3.05, 3.63) is 42.1 Å². The standard InChI is InChI=1S/C10H10NO3P.2Na.2H/c12-15(13,14)7-9-6-5-8-3-1-2-4-10(8)11-9;;;;/h1-6H,7H2,(H2,12,13,14);;;;/q;2*+1;2*-1. The number of para-hydroxylation sites is 1. The number of hydrogen-bond acceptors (Lipinski definition) is 2. The van der Waals surface area contributed by atoms with E-state index >= 15 is 0 Å². The third kappa shape index (κ3) is 5.52. The van der Waals surface area contributed by atoms with Crippen molar-refractivity contribution in [3.63, 3.8) is 0 Å². The van der Waals surface area contributed by atoms with Crippen LogP contribution in [0.1, 0.15) is 8.55 Å². The van der Waals surface area contributed by atoms with Gasteiger partial charge in [-0.25, -0.2) is 0 Å².